The molecule has 22 heavy (non-hydrogen) atoms. The Morgan fingerprint density at radius 1 is 0.909 bits per heavy atom. The van der Waals surface area contributed by atoms with E-state index in [2.05, 4.69) is 4.99 Å². The fraction of sp³-hybridized carbons (Fsp3) is 0.308. The number of rotatable bonds is 1. The Kier molecular flexibility index (Phi) is 98.8. The number of halogens is 1. The van der Waals surface area contributed by atoms with Gasteiger partial charge in [0.05, 0.1) is 0 Å². The summed E-state index contributed by atoms with van der Waals surface area (Å²) in [5, 5.41) is 0. The molecule has 1 aromatic rings. The topological polar surface area (TPSA) is 16.8 Å². The summed E-state index contributed by atoms with van der Waals surface area (Å²) in [5.74, 6) is 0. The Bertz CT molecular complexity index is 322. The predicted octanol–water partition coefficient (Wildman–Crippen LogP) is -14.4. The Balaban J connectivity index is -0.0000000219. The first kappa shape index (κ1) is 53.1. The van der Waals surface area contributed by atoms with Gasteiger partial charge in [0.15, 0.2) is 6.34 Å². The number of hydrogen-bond donors (Lipinski definition) is 1. The van der Waals surface area contributed by atoms with Crippen LogP contribution in [0.3, 0.4) is 0 Å². The summed E-state index contributed by atoms with van der Waals surface area (Å²) in [6, 6.07) is 7.48. The van der Waals surface area contributed by atoms with Crippen LogP contribution >= 0.6 is 0 Å². The number of fused-ring (bicyclic) bond motifs is 1. The Labute approximate surface area is 432 Å². The average molecular weight is 739 g/mol. The molecule has 0 bridgehead atoms. The molecule has 0 aliphatic carbocycles. The van der Waals surface area contributed by atoms with Crippen LogP contribution in [-0.4, -0.2) is 6.34 Å². The van der Waals surface area contributed by atoms with E-state index < -0.39 is 0 Å². The van der Waals surface area contributed by atoms with E-state index in [-0.39, 0.29) is 358 Å². The normalized spacial score (nSPS) is 10.7. The van der Waals surface area contributed by atoms with Gasteiger partial charge in [-0.15, -0.1) is 0 Å². The maximum atomic E-state index is 12.1. The van der Waals surface area contributed by atoms with E-state index in [4.69, 9.17) is 0 Å². The van der Waals surface area contributed by atoms with Gasteiger partial charge in [0.2, 0.25) is 0 Å². The minimum absolute atomic E-state index is 0. The smallest absolute Gasteiger partial charge is 1.00 e. The van der Waals surface area contributed by atoms with E-state index in [1.165, 1.54) is 6.34 Å². The van der Waals surface area contributed by atoms with Crippen LogP contribution in [0.15, 0.2) is 29.3 Å². The van der Waals surface area contributed by atoms with Crippen molar-refractivity contribution in [2.24, 2.45) is 4.99 Å². The molecule has 2 nitrogen and oxygen atoms in total. The summed E-state index contributed by atoms with van der Waals surface area (Å²) in [6.07, 6.45) is 1.53. The van der Waals surface area contributed by atoms with Crippen LogP contribution < -0.4 is 354 Å². The van der Waals surface area contributed by atoms with Crippen molar-refractivity contribution in [1.29, 1.82) is 0 Å². The minimum Gasteiger partial charge on any atom is -1.00 e. The zero-order chi connectivity index (χ0) is 11.7. The van der Waals surface area contributed by atoms with Crippen LogP contribution in [0.5, 0.6) is 0 Å². The summed E-state index contributed by atoms with van der Waals surface area (Å²) in [5.41, 5.74) is 1.71. The Morgan fingerprint density at radius 2 is 1.32 bits per heavy atom. The van der Waals surface area contributed by atoms with E-state index in [1.54, 1.807) is 0 Å². The number of nitrogens with one attached hydrogen (secondary N) is 1. The Hall–Kier alpha value is 9.61. The SMILES string of the molecule is CC.CC.F[CH-][NH+]1C=Nc2ccccc21.[CH3-].[H-].[Rb+].[Rb+].[Rb+].[Rb+].[Rb+].[Rb+]. The number of aliphatic imine (C=N–C) groups is 1. The molecule has 0 aromatic heterocycles. The van der Waals surface area contributed by atoms with Crippen molar-refractivity contribution >= 4 is 17.7 Å². The van der Waals surface area contributed by atoms with Gasteiger partial charge in [-0.1, -0.05) is 39.8 Å². The molecule has 0 spiro atoms. The monoisotopic (exact) mass is 736 g/mol. The molecule has 1 N–H and O–H groups in total. The van der Waals surface area contributed by atoms with Crippen LogP contribution in [0.4, 0.5) is 15.8 Å². The predicted molar refractivity (Wildman–Crippen MR) is 70.8 cm³/mol. The molecule has 0 radical (unpaired) electrons. The van der Waals surface area contributed by atoms with Crippen LogP contribution in [-0.2, 0) is 0 Å². The summed E-state index contributed by atoms with van der Waals surface area (Å²) in [6.45, 7) is 8.58. The van der Waals surface area contributed by atoms with Crippen molar-refractivity contribution in [2.75, 3.05) is 0 Å². The second kappa shape index (κ2) is 40.9. The molecule has 1 unspecified atom stereocenters. The molecule has 94 valence electrons. The second-order valence-corrected chi connectivity index (χ2v) is 2.34. The number of quaternary nitrogens is 1. The molecular formula is C13H23FN2Rb6+4. The molecule has 1 aliphatic heterocycles. The largest absolute Gasteiger partial charge is 1.00 e. The van der Waals surface area contributed by atoms with Crippen LogP contribution in [0.1, 0.15) is 29.1 Å². The maximum Gasteiger partial charge on any atom is 1.00 e. The Morgan fingerprint density at radius 3 is 1.73 bits per heavy atom. The molecule has 0 amide bonds. The van der Waals surface area contributed by atoms with Gasteiger partial charge in [-0.25, -0.2) is 0 Å². The van der Waals surface area contributed by atoms with Gasteiger partial charge in [-0.05, 0) is 12.1 Å². The number of benzene rings is 1. The molecule has 0 fully saturated rings. The molecule has 1 aromatic carbocycles. The number of nitrogens with zero attached hydrogens (tertiary/aromatic N) is 1. The molecular weight excluding hydrogens is 716 g/mol. The summed E-state index contributed by atoms with van der Waals surface area (Å²) in [4.78, 5) is 4.57. The van der Waals surface area contributed by atoms with Crippen LogP contribution in [0.25, 0.3) is 0 Å². The van der Waals surface area contributed by atoms with Crippen molar-refractivity contribution < 1.29 is 360 Å². The van der Waals surface area contributed by atoms with E-state index in [1.807, 2.05) is 52.0 Å². The van der Waals surface area contributed by atoms with Gasteiger partial charge in [0, 0.05) is 6.80 Å². The van der Waals surface area contributed by atoms with E-state index in [0.29, 0.717) is 11.7 Å². The van der Waals surface area contributed by atoms with Crippen molar-refractivity contribution in [3.63, 3.8) is 0 Å². The molecule has 0 saturated carbocycles. The van der Waals surface area contributed by atoms with Crippen molar-refractivity contribution in [3.05, 3.63) is 38.5 Å². The van der Waals surface area contributed by atoms with E-state index >= 15 is 0 Å². The van der Waals surface area contributed by atoms with Gasteiger partial charge in [0.25, 0.3) is 0 Å². The molecule has 0 saturated heterocycles. The first-order valence-electron chi connectivity index (χ1n) is 5.35. The zero-order valence-electron chi connectivity index (χ0n) is 17.8. The first-order chi connectivity index (χ1) is 7.42. The van der Waals surface area contributed by atoms with Crippen LogP contribution in [0, 0.1) is 14.2 Å². The fourth-order valence-corrected chi connectivity index (χ4v) is 1.13. The first-order valence-corrected chi connectivity index (χ1v) is 5.35. The van der Waals surface area contributed by atoms with E-state index in [0.717, 1.165) is 11.4 Å². The third-order valence-corrected chi connectivity index (χ3v) is 1.68. The second-order valence-electron chi connectivity index (χ2n) is 2.34. The quantitative estimate of drug-likeness (QED) is 0.218. The summed E-state index contributed by atoms with van der Waals surface area (Å²) in [7, 11) is 0. The summed E-state index contributed by atoms with van der Waals surface area (Å²) < 4.78 is 12.1. The minimum atomic E-state index is 0. The molecule has 9 heteroatoms. The zero-order valence-corrected chi connectivity index (χ0v) is 46.3. The molecule has 1 atom stereocenters. The van der Waals surface area contributed by atoms with Gasteiger partial charge < -0.3 is 18.1 Å². The molecule has 2 rings (SSSR count). The standard InChI is InChI=1S/C8H7FN2.2C2H6.CH3.6Rb.H/c9-5-11-6-10-7-3-1-2-4-8(7)11;2*1-2;;;;;;;;/h1-6,11H;2*1-2H3;1H3;;;;;;;/q;;;-1;6*+1;-1. The number of para-hydroxylation sites is 2. The van der Waals surface area contributed by atoms with Gasteiger partial charge in [-0.2, -0.15) is 4.99 Å². The average Bonchev–Trinajstić information content (AvgIpc) is 2.77. The fourth-order valence-electron chi connectivity index (χ4n) is 1.13. The third-order valence-electron chi connectivity index (χ3n) is 1.68. The molecule has 1 aliphatic rings. The third kappa shape index (κ3) is 24.3. The summed E-state index contributed by atoms with van der Waals surface area (Å²) >= 11 is 0. The number of hydrogen-bond acceptors (Lipinski definition) is 1. The van der Waals surface area contributed by atoms with Crippen molar-refractivity contribution in [1.82, 2.24) is 0 Å². The van der Waals surface area contributed by atoms with E-state index in [9.17, 15) is 4.39 Å². The van der Waals surface area contributed by atoms with Crippen molar-refractivity contribution in [2.45, 2.75) is 27.7 Å². The van der Waals surface area contributed by atoms with Gasteiger partial charge >= 0.3 is 349 Å². The van der Waals surface area contributed by atoms with Gasteiger partial charge in [0.1, 0.15) is 11.4 Å². The molecule has 1 heterocycles. The maximum absolute atomic E-state index is 12.1. The van der Waals surface area contributed by atoms with Crippen molar-refractivity contribution in [3.8, 4) is 0 Å². The van der Waals surface area contributed by atoms with Gasteiger partial charge in [-0.3, -0.25) is 0 Å². The van der Waals surface area contributed by atoms with Crippen LogP contribution in [0.2, 0.25) is 0 Å².